The summed E-state index contributed by atoms with van der Waals surface area (Å²) in [5, 5.41) is 14.3. The Kier molecular flexibility index (Phi) is 3.06. The number of fused-ring (bicyclic) bond motifs is 1. The topological polar surface area (TPSA) is 58.4 Å². The molecule has 1 N–H and O–H groups in total. The first kappa shape index (κ1) is 12.6. The fourth-order valence-corrected chi connectivity index (χ4v) is 3.14. The first-order valence-electron chi connectivity index (χ1n) is 6.15. The Morgan fingerprint density at radius 2 is 2.00 bits per heavy atom. The molecule has 2 atom stereocenters. The highest BCUT2D eigenvalue weighted by molar-refractivity contribution is 6.31. The third-order valence-electron chi connectivity index (χ3n) is 3.94. The minimum atomic E-state index is -0.752. The first-order chi connectivity index (χ1) is 9.06. The molecule has 2 saturated heterocycles. The van der Waals surface area contributed by atoms with Gasteiger partial charge in [0.1, 0.15) is 11.5 Å². The van der Waals surface area contributed by atoms with Crippen LogP contribution in [0.1, 0.15) is 0 Å². The SMILES string of the molecule is O=[N+]([O-])c1cc(F)c(Cl)cc1N1C[C@H]2CNC[C@H]2C1. The fourth-order valence-electron chi connectivity index (χ4n) is 2.98. The molecule has 2 aliphatic heterocycles. The molecule has 102 valence electrons. The van der Waals surface area contributed by atoms with Crippen LogP contribution in [0.25, 0.3) is 0 Å². The zero-order chi connectivity index (χ0) is 13.6. The molecule has 2 aliphatic rings. The average Bonchev–Trinajstić information content (AvgIpc) is 2.92. The molecule has 0 bridgehead atoms. The van der Waals surface area contributed by atoms with Gasteiger partial charge < -0.3 is 10.2 Å². The van der Waals surface area contributed by atoms with E-state index in [-0.39, 0.29) is 10.7 Å². The molecular formula is C12H13ClFN3O2. The number of hydrogen-bond donors (Lipinski definition) is 1. The summed E-state index contributed by atoms with van der Waals surface area (Å²) in [5.41, 5.74) is 0.209. The summed E-state index contributed by atoms with van der Waals surface area (Å²) in [4.78, 5) is 12.4. The van der Waals surface area contributed by atoms with Crippen molar-refractivity contribution in [2.75, 3.05) is 31.1 Å². The summed E-state index contributed by atoms with van der Waals surface area (Å²) >= 11 is 5.75. The fraction of sp³-hybridized carbons (Fsp3) is 0.500. The molecule has 1 aromatic rings. The molecule has 19 heavy (non-hydrogen) atoms. The number of nitrogens with one attached hydrogen (secondary N) is 1. The molecular weight excluding hydrogens is 273 g/mol. The normalized spacial score (nSPS) is 25.7. The highest BCUT2D eigenvalue weighted by Gasteiger charge is 2.38. The van der Waals surface area contributed by atoms with Crippen molar-refractivity contribution in [1.82, 2.24) is 5.32 Å². The number of nitro benzene ring substituents is 1. The van der Waals surface area contributed by atoms with Crippen molar-refractivity contribution in [1.29, 1.82) is 0 Å². The molecule has 7 heteroatoms. The van der Waals surface area contributed by atoms with Gasteiger partial charge >= 0.3 is 0 Å². The predicted octanol–water partition coefficient (Wildman–Crippen LogP) is 2.04. The lowest BCUT2D eigenvalue weighted by Crippen LogP contribution is -2.26. The second-order valence-electron chi connectivity index (χ2n) is 5.10. The van der Waals surface area contributed by atoms with Gasteiger partial charge in [0.05, 0.1) is 16.0 Å². The van der Waals surface area contributed by atoms with E-state index in [1.807, 2.05) is 4.90 Å². The van der Waals surface area contributed by atoms with Gasteiger partial charge in [-0.1, -0.05) is 11.6 Å². The molecule has 2 heterocycles. The van der Waals surface area contributed by atoms with Crippen LogP contribution in [0.3, 0.4) is 0 Å². The Hall–Kier alpha value is -1.40. The van der Waals surface area contributed by atoms with Crippen LogP contribution in [0.2, 0.25) is 5.02 Å². The summed E-state index contributed by atoms with van der Waals surface area (Å²) in [5.74, 6) is 0.255. The van der Waals surface area contributed by atoms with Crippen LogP contribution in [-0.2, 0) is 0 Å². The minimum Gasteiger partial charge on any atom is -0.365 e. The number of benzene rings is 1. The van der Waals surface area contributed by atoms with Gasteiger partial charge in [-0.25, -0.2) is 4.39 Å². The predicted molar refractivity (Wildman–Crippen MR) is 70.1 cm³/mol. The van der Waals surface area contributed by atoms with Crippen LogP contribution < -0.4 is 10.2 Å². The standard InChI is InChI=1S/C12H13ClFN3O2/c13-9-1-11(12(17(18)19)2-10(9)14)16-5-7-3-15-4-8(7)6-16/h1-2,7-8,15H,3-6H2/t7-,8+. The number of halogens is 2. The van der Waals surface area contributed by atoms with E-state index < -0.39 is 10.7 Å². The zero-order valence-electron chi connectivity index (χ0n) is 10.1. The molecule has 0 aliphatic carbocycles. The summed E-state index contributed by atoms with van der Waals surface area (Å²) in [7, 11) is 0. The molecule has 0 saturated carbocycles. The summed E-state index contributed by atoms with van der Waals surface area (Å²) in [6.07, 6.45) is 0. The minimum absolute atomic E-state index is 0.0733. The summed E-state index contributed by atoms with van der Waals surface area (Å²) < 4.78 is 13.4. The molecule has 0 radical (unpaired) electrons. The van der Waals surface area contributed by atoms with Gasteiger partial charge in [0.15, 0.2) is 0 Å². The van der Waals surface area contributed by atoms with Crippen molar-refractivity contribution in [3.05, 3.63) is 33.1 Å². The van der Waals surface area contributed by atoms with E-state index in [9.17, 15) is 14.5 Å². The number of nitrogens with zero attached hydrogens (tertiary/aromatic N) is 2. The van der Waals surface area contributed by atoms with E-state index in [0.29, 0.717) is 17.5 Å². The van der Waals surface area contributed by atoms with Gasteiger partial charge in [-0.05, 0) is 17.9 Å². The second kappa shape index (κ2) is 4.61. The number of hydrogen-bond acceptors (Lipinski definition) is 4. The lowest BCUT2D eigenvalue weighted by Gasteiger charge is -2.19. The second-order valence-corrected chi connectivity index (χ2v) is 5.50. The summed E-state index contributed by atoms with van der Waals surface area (Å²) in [6, 6.07) is 2.27. The Morgan fingerprint density at radius 3 is 2.58 bits per heavy atom. The third-order valence-corrected chi connectivity index (χ3v) is 4.23. The van der Waals surface area contributed by atoms with Crippen molar-refractivity contribution >= 4 is 23.0 Å². The van der Waals surface area contributed by atoms with Gasteiger partial charge in [0, 0.05) is 26.2 Å². The quantitative estimate of drug-likeness (QED) is 0.667. The van der Waals surface area contributed by atoms with E-state index in [1.165, 1.54) is 6.07 Å². The van der Waals surface area contributed by atoms with Gasteiger partial charge in [-0.3, -0.25) is 10.1 Å². The average molecular weight is 286 g/mol. The van der Waals surface area contributed by atoms with Crippen molar-refractivity contribution in [3.8, 4) is 0 Å². The molecule has 0 spiro atoms. The molecule has 0 aromatic heterocycles. The van der Waals surface area contributed by atoms with E-state index in [0.717, 1.165) is 32.2 Å². The highest BCUT2D eigenvalue weighted by Crippen LogP contribution is 2.38. The Balaban J connectivity index is 1.96. The third kappa shape index (κ3) is 2.15. The van der Waals surface area contributed by atoms with Crippen molar-refractivity contribution in [3.63, 3.8) is 0 Å². The maximum Gasteiger partial charge on any atom is 0.295 e. The number of rotatable bonds is 2. The van der Waals surface area contributed by atoms with Crippen LogP contribution in [0.5, 0.6) is 0 Å². The van der Waals surface area contributed by atoms with Crippen LogP contribution in [0, 0.1) is 27.8 Å². The van der Waals surface area contributed by atoms with Crippen LogP contribution in [-0.4, -0.2) is 31.1 Å². The van der Waals surface area contributed by atoms with E-state index in [4.69, 9.17) is 11.6 Å². The molecule has 1 aromatic carbocycles. The Morgan fingerprint density at radius 1 is 1.37 bits per heavy atom. The van der Waals surface area contributed by atoms with Crippen molar-refractivity contribution < 1.29 is 9.31 Å². The Labute approximate surface area is 114 Å². The van der Waals surface area contributed by atoms with Crippen LogP contribution in [0.15, 0.2) is 12.1 Å². The van der Waals surface area contributed by atoms with Crippen LogP contribution >= 0.6 is 11.6 Å². The smallest absolute Gasteiger partial charge is 0.295 e. The van der Waals surface area contributed by atoms with Gasteiger partial charge in [-0.2, -0.15) is 0 Å². The molecule has 2 fully saturated rings. The number of nitro groups is 1. The van der Waals surface area contributed by atoms with E-state index >= 15 is 0 Å². The molecule has 3 rings (SSSR count). The van der Waals surface area contributed by atoms with Crippen LogP contribution in [0.4, 0.5) is 15.8 Å². The Bertz CT molecular complexity index is 528. The van der Waals surface area contributed by atoms with Gasteiger partial charge in [-0.15, -0.1) is 0 Å². The van der Waals surface area contributed by atoms with E-state index in [2.05, 4.69) is 5.32 Å². The van der Waals surface area contributed by atoms with Gasteiger partial charge in [0.2, 0.25) is 0 Å². The molecule has 0 amide bonds. The van der Waals surface area contributed by atoms with E-state index in [1.54, 1.807) is 0 Å². The number of anilines is 1. The first-order valence-corrected chi connectivity index (χ1v) is 6.53. The van der Waals surface area contributed by atoms with Crippen molar-refractivity contribution in [2.24, 2.45) is 11.8 Å². The molecule has 5 nitrogen and oxygen atoms in total. The molecule has 0 unspecified atom stereocenters. The maximum atomic E-state index is 13.4. The van der Waals surface area contributed by atoms with Gasteiger partial charge in [0.25, 0.3) is 5.69 Å². The van der Waals surface area contributed by atoms with Crippen molar-refractivity contribution in [2.45, 2.75) is 0 Å². The highest BCUT2D eigenvalue weighted by atomic mass is 35.5. The largest absolute Gasteiger partial charge is 0.365 e. The lowest BCUT2D eigenvalue weighted by molar-refractivity contribution is -0.384. The zero-order valence-corrected chi connectivity index (χ0v) is 10.9. The summed E-state index contributed by atoms with van der Waals surface area (Å²) in [6.45, 7) is 3.37. The maximum absolute atomic E-state index is 13.4. The lowest BCUT2D eigenvalue weighted by atomic mass is 10.0. The monoisotopic (exact) mass is 285 g/mol.